The molecule has 2 fully saturated rings. The number of rotatable bonds is 3. The fraction of sp³-hybridized carbons (Fsp3) is 0.588. The lowest BCUT2D eigenvalue weighted by molar-refractivity contribution is 0.0535. The average molecular weight is 287 g/mol. The number of esters is 1. The maximum absolute atomic E-state index is 11.5. The molecule has 1 aromatic rings. The summed E-state index contributed by atoms with van der Waals surface area (Å²) in [6, 6.07) is 6.28. The molecule has 1 saturated carbocycles. The van der Waals surface area contributed by atoms with Crippen LogP contribution in [0.1, 0.15) is 48.0 Å². The summed E-state index contributed by atoms with van der Waals surface area (Å²) in [7, 11) is 0. The number of ether oxygens (including phenoxy) is 2. The van der Waals surface area contributed by atoms with Crippen molar-refractivity contribution in [2.24, 2.45) is 0 Å². The van der Waals surface area contributed by atoms with Crippen LogP contribution in [0.3, 0.4) is 0 Å². The van der Waals surface area contributed by atoms with E-state index in [9.17, 15) is 4.79 Å². The Kier molecular flexibility index (Phi) is 3.34. The summed E-state index contributed by atoms with van der Waals surface area (Å²) in [5.41, 5.74) is 1.64. The van der Waals surface area contributed by atoms with E-state index in [0.717, 1.165) is 17.7 Å². The Labute approximate surface area is 125 Å². The van der Waals surface area contributed by atoms with Gasteiger partial charge in [0.1, 0.15) is 18.5 Å². The van der Waals surface area contributed by atoms with Gasteiger partial charge >= 0.3 is 5.97 Å². The first-order valence-corrected chi connectivity index (χ1v) is 8.02. The molecule has 2 aliphatic heterocycles. The second-order valence-electron chi connectivity index (χ2n) is 6.29. The summed E-state index contributed by atoms with van der Waals surface area (Å²) in [5, 5.41) is 0. The van der Waals surface area contributed by atoms with Crippen LogP contribution in [0.2, 0.25) is 0 Å². The van der Waals surface area contributed by atoms with Gasteiger partial charge in [-0.25, -0.2) is 4.79 Å². The fourth-order valence-corrected chi connectivity index (χ4v) is 3.89. The van der Waals surface area contributed by atoms with E-state index in [1.165, 1.54) is 38.8 Å². The molecule has 1 saturated heterocycles. The van der Waals surface area contributed by atoms with Gasteiger partial charge in [-0.2, -0.15) is 0 Å². The predicted octanol–water partition coefficient (Wildman–Crippen LogP) is 2.75. The number of hydrogen-bond donors (Lipinski definition) is 0. The Balaban J connectivity index is 1.49. The number of cyclic esters (lactones) is 1. The SMILES string of the molecule is O=C1OCc2cc(OC3CCCC3N3CCCC3)ccc21. The molecule has 0 spiro atoms. The summed E-state index contributed by atoms with van der Waals surface area (Å²) < 4.78 is 11.3. The minimum Gasteiger partial charge on any atom is -0.489 e. The molecule has 112 valence electrons. The van der Waals surface area contributed by atoms with E-state index in [4.69, 9.17) is 9.47 Å². The first kappa shape index (κ1) is 13.1. The van der Waals surface area contributed by atoms with Gasteiger partial charge in [-0.05, 0) is 63.4 Å². The molecule has 0 aromatic heterocycles. The zero-order valence-corrected chi connectivity index (χ0v) is 12.2. The molecule has 2 heterocycles. The lowest BCUT2D eigenvalue weighted by Gasteiger charge is -2.29. The Morgan fingerprint density at radius 3 is 2.86 bits per heavy atom. The molecule has 2 unspecified atom stereocenters. The molecule has 3 aliphatic rings. The number of likely N-dealkylation sites (tertiary alicyclic amines) is 1. The normalized spacial score (nSPS) is 28.7. The zero-order valence-electron chi connectivity index (χ0n) is 12.2. The Bertz CT molecular complexity index is 551. The molecule has 0 radical (unpaired) electrons. The largest absolute Gasteiger partial charge is 0.489 e. The molecule has 2 atom stereocenters. The standard InChI is InChI=1S/C17H21NO3/c19-17-14-7-6-13(10-12(14)11-20-17)21-16-5-3-4-15(16)18-8-1-2-9-18/h6-7,10,15-16H,1-5,8-9,11H2. The van der Waals surface area contributed by atoms with E-state index >= 15 is 0 Å². The Morgan fingerprint density at radius 1 is 1.14 bits per heavy atom. The van der Waals surface area contributed by atoms with Crippen molar-refractivity contribution in [3.8, 4) is 5.75 Å². The van der Waals surface area contributed by atoms with Crippen molar-refractivity contribution >= 4 is 5.97 Å². The van der Waals surface area contributed by atoms with Crippen LogP contribution in [0.5, 0.6) is 5.75 Å². The molecule has 21 heavy (non-hydrogen) atoms. The molecule has 4 heteroatoms. The molecule has 1 aliphatic carbocycles. The third kappa shape index (κ3) is 2.42. The predicted molar refractivity (Wildman–Crippen MR) is 78.4 cm³/mol. The molecular formula is C17H21NO3. The maximum atomic E-state index is 11.5. The highest BCUT2D eigenvalue weighted by Crippen LogP contribution is 2.32. The van der Waals surface area contributed by atoms with Crippen LogP contribution < -0.4 is 4.74 Å². The fourth-order valence-electron chi connectivity index (χ4n) is 3.89. The highest BCUT2D eigenvalue weighted by Gasteiger charge is 2.35. The average Bonchev–Trinajstić information content (AvgIpc) is 3.20. The minimum atomic E-state index is -0.215. The van der Waals surface area contributed by atoms with Gasteiger partial charge in [-0.1, -0.05) is 0 Å². The van der Waals surface area contributed by atoms with Gasteiger partial charge in [0.05, 0.1) is 5.56 Å². The number of fused-ring (bicyclic) bond motifs is 1. The number of benzene rings is 1. The summed E-state index contributed by atoms with van der Waals surface area (Å²) in [6.45, 7) is 2.82. The maximum Gasteiger partial charge on any atom is 0.338 e. The summed E-state index contributed by atoms with van der Waals surface area (Å²) >= 11 is 0. The number of carbonyl (C=O) groups is 1. The third-order valence-electron chi connectivity index (χ3n) is 4.97. The van der Waals surface area contributed by atoms with Crippen molar-refractivity contribution in [1.29, 1.82) is 0 Å². The van der Waals surface area contributed by atoms with Crippen molar-refractivity contribution in [1.82, 2.24) is 4.90 Å². The van der Waals surface area contributed by atoms with Crippen LogP contribution in [-0.2, 0) is 11.3 Å². The summed E-state index contributed by atoms with van der Waals surface area (Å²) in [4.78, 5) is 14.1. The smallest absolute Gasteiger partial charge is 0.338 e. The van der Waals surface area contributed by atoms with E-state index in [2.05, 4.69) is 4.90 Å². The monoisotopic (exact) mass is 287 g/mol. The van der Waals surface area contributed by atoms with E-state index in [1.54, 1.807) is 0 Å². The molecule has 0 bridgehead atoms. The molecule has 1 aromatic carbocycles. The molecule has 4 rings (SSSR count). The lowest BCUT2D eigenvalue weighted by atomic mass is 10.1. The van der Waals surface area contributed by atoms with Gasteiger partial charge in [0.25, 0.3) is 0 Å². The van der Waals surface area contributed by atoms with Crippen molar-refractivity contribution in [2.75, 3.05) is 13.1 Å². The Hall–Kier alpha value is -1.55. The summed E-state index contributed by atoms with van der Waals surface area (Å²) in [5.74, 6) is 0.663. The first-order valence-electron chi connectivity index (χ1n) is 8.02. The topological polar surface area (TPSA) is 38.8 Å². The van der Waals surface area contributed by atoms with Crippen molar-refractivity contribution < 1.29 is 14.3 Å². The van der Waals surface area contributed by atoms with E-state index in [-0.39, 0.29) is 5.97 Å². The van der Waals surface area contributed by atoms with Gasteiger partial charge < -0.3 is 9.47 Å². The third-order valence-corrected chi connectivity index (χ3v) is 4.97. The van der Waals surface area contributed by atoms with Crippen LogP contribution in [0.4, 0.5) is 0 Å². The van der Waals surface area contributed by atoms with Crippen molar-refractivity contribution in [3.63, 3.8) is 0 Å². The van der Waals surface area contributed by atoms with Crippen LogP contribution in [0.25, 0.3) is 0 Å². The van der Waals surface area contributed by atoms with Crippen molar-refractivity contribution in [2.45, 2.75) is 50.9 Å². The van der Waals surface area contributed by atoms with Gasteiger partial charge in [-0.3, -0.25) is 4.90 Å². The Morgan fingerprint density at radius 2 is 2.00 bits per heavy atom. The van der Waals surface area contributed by atoms with Gasteiger partial charge in [0, 0.05) is 11.6 Å². The van der Waals surface area contributed by atoms with Crippen LogP contribution in [-0.4, -0.2) is 36.1 Å². The van der Waals surface area contributed by atoms with E-state index < -0.39 is 0 Å². The minimum absolute atomic E-state index is 0.215. The number of hydrogen-bond acceptors (Lipinski definition) is 4. The quantitative estimate of drug-likeness (QED) is 0.801. The van der Waals surface area contributed by atoms with Gasteiger partial charge in [0.15, 0.2) is 0 Å². The molecular weight excluding hydrogens is 266 g/mol. The van der Waals surface area contributed by atoms with Crippen LogP contribution in [0.15, 0.2) is 18.2 Å². The van der Waals surface area contributed by atoms with Gasteiger partial charge in [0.2, 0.25) is 0 Å². The second kappa shape index (κ2) is 5.34. The zero-order chi connectivity index (χ0) is 14.2. The van der Waals surface area contributed by atoms with Crippen LogP contribution >= 0.6 is 0 Å². The lowest BCUT2D eigenvalue weighted by Crippen LogP contribution is -2.41. The molecule has 4 nitrogen and oxygen atoms in total. The molecule has 0 amide bonds. The van der Waals surface area contributed by atoms with E-state index in [1.807, 2.05) is 18.2 Å². The van der Waals surface area contributed by atoms with E-state index in [0.29, 0.717) is 24.3 Å². The summed E-state index contributed by atoms with van der Waals surface area (Å²) in [6.07, 6.45) is 6.56. The highest BCUT2D eigenvalue weighted by molar-refractivity contribution is 5.93. The highest BCUT2D eigenvalue weighted by atomic mass is 16.5. The number of carbonyl (C=O) groups excluding carboxylic acids is 1. The van der Waals surface area contributed by atoms with Crippen LogP contribution in [0, 0.1) is 0 Å². The first-order chi connectivity index (χ1) is 10.3. The van der Waals surface area contributed by atoms with Crippen molar-refractivity contribution in [3.05, 3.63) is 29.3 Å². The molecule has 0 N–H and O–H groups in total. The second-order valence-corrected chi connectivity index (χ2v) is 6.29. The van der Waals surface area contributed by atoms with Gasteiger partial charge in [-0.15, -0.1) is 0 Å². The number of nitrogens with zero attached hydrogens (tertiary/aromatic N) is 1.